The van der Waals surface area contributed by atoms with E-state index in [1.165, 1.54) is 13.2 Å². The molecule has 0 saturated heterocycles. The zero-order chi connectivity index (χ0) is 12.3. The van der Waals surface area contributed by atoms with Gasteiger partial charge in [0.1, 0.15) is 11.5 Å². The van der Waals surface area contributed by atoms with Crippen LogP contribution in [0.3, 0.4) is 0 Å². The fourth-order valence-corrected chi connectivity index (χ4v) is 1.60. The molecule has 0 spiro atoms. The Morgan fingerprint density at radius 1 is 1.50 bits per heavy atom. The van der Waals surface area contributed by atoms with Crippen LogP contribution in [0.25, 0.3) is 0 Å². The van der Waals surface area contributed by atoms with Crippen LogP contribution in [-0.2, 0) is 11.2 Å². The highest BCUT2D eigenvalue weighted by atomic mass is 16.5. The predicted molar refractivity (Wildman–Crippen MR) is 59.9 cm³/mol. The number of rotatable bonds is 4. The molecule has 1 atom stereocenters. The maximum atomic E-state index is 10.8. The number of phenolic OH excluding ortho intramolecular Hbond substituents is 1. The molecule has 2 N–H and O–H groups in total. The van der Waals surface area contributed by atoms with Gasteiger partial charge < -0.3 is 14.9 Å². The molecule has 0 aliphatic rings. The van der Waals surface area contributed by atoms with E-state index in [0.29, 0.717) is 12.2 Å². The number of hydrogen-bond donors (Lipinski definition) is 2. The summed E-state index contributed by atoms with van der Waals surface area (Å²) < 4.78 is 5.13. The van der Waals surface area contributed by atoms with Gasteiger partial charge in [-0.1, -0.05) is 6.92 Å². The second kappa shape index (κ2) is 4.88. The lowest BCUT2D eigenvalue weighted by molar-refractivity contribution is -0.141. The average Bonchev–Trinajstić information content (AvgIpc) is 2.21. The average molecular weight is 224 g/mol. The van der Waals surface area contributed by atoms with Gasteiger partial charge in [-0.3, -0.25) is 4.79 Å². The van der Waals surface area contributed by atoms with Gasteiger partial charge in [-0.25, -0.2) is 0 Å². The molecule has 0 aliphatic carbocycles. The van der Waals surface area contributed by atoms with Gasteiger partial charge in [0, 0.05) is 6.07 Å². The Morgan fingerprint density at radius 2 is 2.12 bits per heavy atom. The number of aliphatic carboxylic acids is 1. The topological polar surface area (TPSA) is 66.8 Å². The number of carbonyl (C=O) groups is 1. The Bertz CT molecular complexity index is 398. The van der Waals surface area contributed by atoms with Crippen LogP contribution in [0.4, 0.5) is 0 Å². The Balaban J connectivity index is 3.07. The Morgan fingerprint density at radius 3 is 2.62 bits per heavy atom. The van der Waals surface area contributed by atoms with E-state index in [0.717, 1.165) is 11.1 Å². The molecule has 0 bridgehead atoms. The molecule has 1 aromatic rings. The minimum absolute atomic E-state index is 0.126. The summed E-state index contributed by atoms with van der Waals surface area (Å²) in [6.07, 6.45) is 0.393. The number of phenols is 1. The molecule has 1 unspecified atom stereocenters. The van der Waals surface area contributed by atoms with Gasteiger partial charge in [0.25, 0.3) is 0 Å². The molecule has 0 fully saturated rings. The molecular formula is C12H16O4. The zero-order valence-corrected chi connectivity index (χ0v) is 9.65. The molecule has 0 aromatic heterocycles. The number of carboxylic acid groups (broad SMARTS) is 1. The lowest BCUT2D eigenvalue weighted by Crippen LogP contribution is -2.13. The molecule has 0 saturated carbocycles. The maximum absolute atomic E-state index is 10.8. The summed E-state index contributed by atoms with van der Waals surface area (Å²) in [7, 11) is 1.50. The van der Waals surface area contributed by atoms with Crippen LogP contribution in [0.15, 0.2) is 12.1 Å². The van der Waals surface area contributed by atoms with E-state index in [2.05, 4.69) is 0 Å². The number of aromatic hydroxyl groups is 1. The molecule has 1 rings (SSSR count). The Hall–Kier alpha value is -1.71. The van der Waals surface area contributed by atoms with Crippen molar-refractivity contribution in [3.05, 3.63) is 23.3 Å². The monoisotopic (exact) mass is 224 g/mol. The quantitative estimate of drug-likeness (QED) is 0.820. The van der Waals surface area contributed by atoms with Crippen LogP contribution in [0.5, 0.6) is 11.5 Å². The summed E-state index contributed by atoms with van der Waals surface area (Å²) in [4.78, 5) is 10.8. The summed E-state index contributed by atoms with van der Waals surface area (Å²) in [5, 5.41) is 18.3. The highest BCUT2D eigenvalue weighted by Gasteiger charge is 2.17. The molecule has 0 radical (unpaired) electrons. The van der Waals surface area contributed by atoms with Crippen LogP contribution >= 0.6 is 0 Å². The maximum Gasteiger partial charge on any atom is 0.306 e. The van der Waals surface area contributed by atoms with Gasteiger partial charge in [-0.15, -0.1) is 0 Å². The highest BCUT2D eigenvalue weighted by molar-refractivity contribution is 5.70. The smallest absolute Gasteiger partial charge is 0.306 e. The van der Waals surface area contributed by atoms with E-state index >= 15 is 0 Å². The second-order valence-corrected chi connectivity index (χ2v) is 3.89. The van der Waals surface area contributed by atoms with Crippen molar-refractivity contribution in [3.8, 4) is 11.5 Å². The third-order valence-electron chi connectivity index (χ3n) is 2.57. The van der Waals surface area contributed by atoms with Crippen LogP contribution in [0, 0.1) is 12.8 Å². The molecular weight excluding hydrogens is 208 g/mol. The van der Waals surface area contributed by atoms with Gasteiger partial charge in [0.15, 0.2) is 0 Å². The van der Waals surface area contributed by atoms with E-state index in [1.54, 1.807) is 13.0 Å². The van der Waals surface area contributed by atoms with Crippen molar-refractivity contribution >= 4 is 5.97 Å². The SMILES string of the molecule is COc1cc(O)cc(C)c1CC(C)C(=O)O. The van der Waals surface area contributed by atoms with E-state index in [9.17, 15) is 9.90 Å². The first-order chi connectivity index (χ1) is 7.45. The zero-order valence-electron chi connectivity index (χ0n) is 9.65. The van der Waals surface area contributed by atoms with Gasteiger partial charge >= 0.3 is 5.97 Å². The van der Waals surface area contributed by atoms with E-state index < -0.39 is 11.9 Å². The fourth-order valence-electron chi connectivity index (χ4n) is 1.60. The number of aryl methyl sites for hydroxylation is 1. The van der Waals surface area contributed by atoms with Crippen molar-refractivity contribution in [2.45, 2.75) is 20.3 Å². The normalized spacial score (nSPS) is 12.2. The first-order valence-corrected chi connectivity index (χ1v) is 5.05. The standard InChI is InChI=1S/C12H16O4/c1-7-4-9(13)6-11(16-3)10(7)5-8(2)12(14)15/h4,6,8,13H,5H2,1-3H3,(H,14,15). The van der Waals surface area contributed by atoms with Crippen molar-refractivity contribution in [1.82, 2.24) is 0 Å². The van der Waals surface area contributed by atoms with Crippen molar-refractivity contribution in [1.29, 1.82) is 0 Å². The van der Waals surface area contributed by atoms with Crippen molar-refractivity contribution in [3.63, 3.8) is 0 Å². The predicted octanol–water partition coefficient (Wildman–Crippen LogP) is 1.97. The summed E-state index contributed by atoms with van der Waals surface area (Å²) in [5.41, 5.74) is 1.67. The largest absolute Gasteiger partial charge is 0.508 e. The van der Waals surface area contributed by atoms with Gasteiger partial charge in [-0.05, 0) is 30.5 Å². The molecule has 4 nitrogen and oxygen atoms in total. The summed E-state index contributed by atoms with van der Waals surface area (Å²) in [6.45, 7) is 3.47. The number of ether oxygens (including phenoxy) is 1. The van der Waals surface area contributed by atoms with Crippen LogP contribution < -0.4 is 4.74 Å². The summed E-state index contributed by atoms with van der Waals surface area (Å²) >= 11 is 0. The van der Waals surface area contributed by atoms with Crippen LogP contribution in [0.2, 0.25) is 0 Å². The number of benzene rings is 1. The Labute approximate surface area is 94.5 Å². The molecule has 0 aliphatic heterocycles. The Kier molecular flexibility index (Phi) is 3.77. The molecule has 16 heavy (non-hydrogen) atoms. The van der Waals surface area contributed by atoms with Crippen molar-refractivity contribution < 1.29 is 19.7 Å². The summed E-state index contributed by atoms with van der Waals surface area (Å²) in [6, 6.07) is 3.10. The van der Waals surface area contributed by atoms with Crippen molar-refractivity contribution in [2.24, 2.45) is 5.92 Å². The molecule has 0 heterocycles. The third kappa shape index (κ3) is 2.66. The first kappa shape index (κ1) is 12.4. The van der Waals surface area contributed by atoms with Crippen LogP contribution in [-0.4, -0.2) is 23.3 Å². The number of hydrogen-bond acceptors (Lipinski definition) is 3. The van der Waals surface area contributed by atoms with Crippen LogP contribution in [0.1, 0.15) is 18.1 Å². The van der Waals surface area contributed by atoms with Crippen molar-refractivity contribution in [2.75, 3.05) is 7.11 Å². The summed E-state index contributed by atoms with van der Waals surface area (Å²) in [5.74, 6) is -0.654. The fraction of sp³-hybridized carbons (Fsp3) is 0.417. The highest BCUT2D eigenvalue weighted by Crippen LogP contribution is 2.29. The molecule has 4 heteroatoms. The molecule has 88 valence electrons. The van der Waals surface area contributed by atoms with Gasteiger partial charge in [0.05, 0.1) is 13.0 Å². The molecule has 0 amide bonds. The molecule has 1 aromatic carbocycles. The lowest BCUT2D eigenvalue weighted by atomic mass is 9.96. The van der Waals surface area contributed by atoms with Gasteiger partial charge in [0.2, 0.25) is 0 Å². The lowest BCUT2D eigenvalue weighted by Gasteiger charge is -2.14. The minimum atomic E-state index is -0.838. The third-order valence-corrected chi connectivity index (χ3v) is 2.57. The van der Waals surface area contributed by atoms with Gasteiger partial charge in [-0.2, -0.15) is 0 Å². The minimum Gasteiger partial charge on any atom is -0.508 e. The van der Waals surface area contributed by atoms with E-state index in [-0.39, 0.29) is 5.75 Å². The first-order valence-electron chi connectivity index (χ1n) is 5.05. The van der Waals surface area contributed by atoms with E-state index in [4.69, 9.17) is 9.84 Å². The number of carboxylic acids is 1. The van der Waals surface area contributed by atoms with E-state index in [1.807, 2.05) is 6.92 Å². The number of methoxy groups -OCH3 is 1. The second-order valence-electron chi connectivity index (χ2n) is 3.89.